The summed E-state index contributed by atoms with van der Waals surface area (Å²) in [6, 6.07) is 7.97. The monoisotopic (exact) mass is 209 g/mol. The maximum Gasteiger partial charge on any atom is 0.122 e. The van der Waals surface area contributed by atoms with Gasteiger partial charge >= 0.3 is 0 Å². The molecular weight excluding hydrogens is 190 g/mol. The zero-order chi connectivity index (χ0) is 10.9. The summed E-state index contributed by atoms with van der Waals surface area (Å²) in [7, 11) is 0. The van der Waals surface area contributed by atoms with Crippen molar-refractivity contribution in [1.82, 2.24) is 0 Å². The van der Waals surface area contributed by atoms with Crippen molar-refractivity contribution < 1.29 is 9.47 Å². The molecule has 0 aliphatic heterocycles. The third-order valence-electron chi connectivity index (χ3n) is 2.07. The Hall–Kier alpha value is -1.06. The summed E-state index contributed by atoms with van der Waals surface area (Å²) < 4.78 is 10.9. The molecule has 0 amide bonds. The van der Waals surface area contributed by atoms with Crippen LogP contribution < -0.4 is 10.5 Å². The SMILES string of the molecule is Cc1ccccc1OCCOCCCN. The van der Waals surface area contributed by atoms with Gasteiger partial charge in [0, 0.05) is 6.61 Å². The van der Waals surface area contributed by atoms with Crippen LogP contribution in [-0.2, 0) is 4.74 Å². The average molecular weight is 209 g/mol. The smallest absolute Gasteiger partial charge is 0.122 e. The molecule has 1 aromatic carbocycles. The van der Waals surface area contributed by atoms with E-state index in [0.29, 0.717) is 26.4 Å². The van der Waals surface area contributed by atoms with E-state index >= 15 is 0 Å². The first kappa shape index (κ1) is 12.0. The molecule has 1 aromatic rings. The van der Waals surface area contributed by atoms with Gasteiger partial charge in [-0.1, -0.05) is 18.2 Å². The van der Waals surface area contributed by atoms with Crippen molar-refractivity contribution >= 4 is 0 Å². The standard InChI is InChI=1S/C12H19NO2/c1-11-5-2-3-6-12(11)15-10-9-14-8-4-7-13/h2-3,5-6H,4,7-10,13H2,1H3. The summed E-state index contributed by atoms with van der Waals surface area (Å²) in [5.41, 5.74) is 6.50. The topological polar surface area (TPSA) is 44.5 Å². The van der Waals surface area contributed by atoms with E-state index in [-0.39, 0.29) is 0 Å². The van der Waals surface area contributed by atoms with E-state index < -0.39 is 0 Å². The van der Waals surface area contributed by atoms with Crippen molar-refractivity contribution in [2.24, 2.45) is 5.73 Å². The molecule has 0 heterocycles. The van der Waals surface area contributed by atoms with Crippen molar-refractivity contribution in [2.45, 2.75) is 13.3 Å². The lowest BCUT2D eigenvalue weighted by Crippen LogP contribution is -2.10. The van der Waals surface area contributed by atoms with Crippen LogP contribution in [0.2, 0.25) is 0 Å². The summed E-state index contributed by atoms with van der Waals surface area (Å²) in [6.07, 6.45) is 0.907. The molecular formula is C12H19NO2. The summed E-state index contributed by atoms with van der Waals surface area (Å²) in [6.45, 7) is 4.64. The minimum absolute atomic E-state index is 0.593. The molecule has 84 valence electrons. The first-order valence-electron chi connectivity index (χ1n) is 5.31. The number of hydrogen-bond donors (Lipinski definition) is 1. The van der Waals surface area contributed by atoms with Gasteiger partial charge in [0.15, 0.2) is 0 Å². The summed E-state index contributed by atoms with van der Waals surface area (Å²) in [5, 5.41) is 0. The molecule has 0 unspecified atom stereocenters. The van der Waals surface area contributed by atoms with Gasteiger partial charge in [0.1, 0.15) is 12.4 Å². The molecule has 3 nitrogen and oxygen atoms in total. The molecule has 0 aromatic heterocycles. The van der Waals surface area contributed by atoms with Crippen molar-refractivity contribution in [2.75, 3.05) is 26.4 Å². The lowest BCUT2D eigenvalue weighted by Gasteiger charge is -2.08. The molecule has 0 atom stereocenters. The van der Waals surface area contributed by atoms with Gasteiger partial charge in [-0.25, -0.2) is 0 Å². The van der Waals surface area contributed by atoms with Crippen LogP contribution in [0.5, 0.6) is 5.75 Å². The fraction of sp³-hybridized carbons (Fsp3) is 0.500. The van der Waals surface area contributed by atoms with Crippen LogP contribution in [-0.4, -0.2) is 26.4 Å². The third kappa shape index (κ3) is 4.81. The van der Waals surface area contributed by atoms with Gasteiger partial charge in [0.05, 0.1) is 6.61 Å². The van der Waals surface area contributed by atoms with Gasteiger partial charge in [-0.2, -0.15) is 0 Å². The van der Waals surface area contributed by atoms with Gasteiger partial charge in [-0.3, -0.25) is 0 Å². The van der Waals surface area contributed by atoms with Gasteiger partial charge in [-0.15, -0.1) is 0 Å². The van der Waals surface area contributed by atoms with Crippen LogP contribution in [0.15, 0.2) is 24.3 Å². The molecule has 0 aliphatic carbocycles. The zero-order valence-electron chi connectivity index (χ0n) is 9.24. The predicted molar refractivity (Wildman–Crippen MR) is 61.2 cm³/mol. The number of benzene rings is 1. The Kier molecular flexibility index (Phi) is 5.81. The minimum atomic E-state index is 0.593. The second-order valence-corrected chi connectivity index (χ2v) is 3.37. The van der Waals surface area contributed by atoms with Crippen molar-refractivity contribution in [3.8, 4) is 5.75 Å². The van der Waals surface area contributed by atoms with Crippen molar-refractivity contribution in [3.05, 3.63) is 29.8 Å². The van der Waals surface area contributed by atoms with E-state index in [1.54, 1.807) is 0 Å². The third-order valence-corrected chi connectivity index (χ3v) is 2.07. The second-order valence-electron chi connectivity index (χ2n) is 3.37. The first-order chi connectivity index (χ1) is 7.34. The minimum Gasteiger partial charge on any atom is -0.491 e. The van der Waals surface area contributed by atoms with Crippen molar-refractivity contribution in [3.63, 3.8) is 0 Å². The Bertz CT molecular complexity index is 276. The van der Waals surface area contributed by atoms with Gasteiger partial charge in [-0.05, 0) is 31.5 Å². The average Bonchev–Trinajstić information content (AvgIpc) is 2.25. The molecule has 0 saturated heterocycles. The highest BCUT2D eigenvalue weighted by molar-refractivity contribution is 5.31. The molecule has 0 saturated carbocycles. The number of rotatable bonds is 7. The summed E-state index contributed by atoms with van der Waals surface area (Å²) in [5.74, 6) is 0.930. The van der Waals surface area contributed by atoms with E-state index in [1.165, 1.54) is 0 Å². The van der Waals surface area contributed by atoms with E-state index in [9.17, 15) is 0 Å². The van der Waals surface area contributed by atoms with Crippen LogP contribution in [0.1, 0.15) is 12.0 Å². The van der Waals surface area contributed by atoms with Gasteiger partial charge < -0.3 is 15.2 Å². The normalized spacial score (nSPS) is 10.3. The van der Waals surface area contributed by atoms with Crippen LogP contribution in [0.25, 0.3) is 0 Å². The second kappa shape index (κ2) is 7.26. The fourth-order valence-electron chi connectivity index (χ4n) is 1.22. The Morgan fingerprint density at radius 1 is 1.13 bits per heavy atom. The van der Waals surface area contributed by atoms with E-state index in [1.807, 2.05) is 31.2 Å². The highest BCUT2D eigenvalue weighted by atomic mass is 16.5. The Morgan fingerprint density at radius 3 is 2.67 bits per heavy atom. The highest BCUT2D eigenvalue weighted by Crippen LogP contribution is 2.15. The number of aryl methyl sites for hydroxylation is 1. The lowest BCUT2D eigenvalue weighted by atomic mass is 10.2. The molecule has 0 aliphatic rings. The summed E-state index contributed by atoms with van der Waals surface area (Å²) >= 11 is 0. The number of para-hydroxylation sites is 1. The summed E-state index contributed by atoms with van der Waals surface area (Å²) in [4.78, 5) is 0. The van der Waals surface area contributed by atoms with Gasteiger partial charge in [0.2, 0.25) is 0 Å². The molecule has 15 heavy (non-hydrogen) atoms. The molecule has 1 rings (SSSR count). The quantitative estimate of drug-likeness (QED) is 0.696. The molecule has 2 N–H and O–H groups in total. The molecule has 3 heteroatoms. The van der Waals surface area contributed by atoms with E-state index in [2.05, 4.69) is 0 Å². The van der Waals surface area contributed by atoms with Crippen LogP contribution in [0.3, 0.4) is 0 Å². The zero-order valence-corrected chi connectivity index (χ0v) is 9.24. The molecule has 0 radical (unpaired) electrons. The Labute approximate surface area is 91.2 Å². The number of ether oxygens (including phenoxy) is 2. The lowest BCUT2D eigenvalue weighted by molar-refractivity contribution is 0.0992. The van der Waals surface area contributed by atoms with Crippen LogP contribution in [0, 0.1) is 6.92 Å². The van der Waals surface area contributed by atoms with Crippen LogP contribution >= 0.6 is 0 Å². The fourth-order valence-corrected chi connectivity index (χ4v) is 1.22. The van der Waals surface area contributed by atoms with Crippen LogP contribution in [0.4, 0.5) is 0 Å². The molecule has 0 bridgehead atoms. The highest BCUT2D eigenvalue weighted by Gasteiger charge is 1.96. The maximum atomic E-state index is 5.56. The van der Waals surface area contributed by atoms with E-state index in [0.717, 1.165) is 17.7 Å². The number of hydrogen-bond acceptors (Lipinski definition) is 3. The maximum absolute atomic E-state index is 5.56. The van der Waals surface area contributed by atoms with Crippen molar-refractivity contribution in [1.29, 1.82) is 0 Å². The largest absolute Gasteiger partial charge is 0.491 e. The Morgan fingerprint density at radius 2 is 1.93 bits per heavy atom. The molecule has 0 spiro atoms. The number of nitrogens with two attached hydrogens (primary N) is 1. The molecule has 0 fully saturated rings. The van der Waals surface area contributed by atoms with E-state index in [4.69, 9.17) is 15.2 Å². The predicted octanol–water partition coefficient (Wildman–Crippen LogP) is 1.74. The first-order valence-corrected chi connectivity index (χ1v) is 5.31. The Balaban J connectivity index is 2.12. The van der Waals surface area contributed by atoms with Gasteiger partial charge in [0.25, 0.3) is 0 Å².